The summed E-state index contributed by atoms with van der Waals surface area (Å²) in [5.74, 6) is 0.604. The predicted octanol–water partition coefficient (Wildman–Crippen LogP) is 14.4. The van der Waals surface area contributed by atoms with Gasteiger partial charge < -0.3 is 9.80 Å². The molecule has 0 fully saturated rings. The predicted molar refractivity (Wildman–Crippen MR) is 217 cm³/mol. The monoisotopic (exact) mass is 668 g/mol. The topological polar surface area (TPSA) is 6.48 Å². The molecule has 0 N–H and O–H groups in total. The lowest BCUT2D eigenvalue weighted by atomic mass is 9.65. The van der Waals surface area contributed by atoms with E-state index >= 15 is 0 Å². The number of anilines is 6. The highest BCUT2D eigenvalue weighted by atomic mass is 32.1. The summed E-state index contributed by atoms with van der Waals surface area (Å²) in [6.45, 7) is 7.07. The van der Waals surface area contributed by atoms with Gasteiger partial charge in [0.2, 0.25) is 0 Å². The lowest BCUT2D eigenvalue weighted by molar-refractivity contribution is 0.316. The van der Waals surface area contributed by atoms with Crippen molar-refractivity contribution >= 4 is 65.6 Å². The van der Waals surface area contributed by atoms with Gasteiger partial charge in [0.1, 0.15) is 0 Å². The SMILES string of the molecule is CCC1=CC(C)CC(CC)(c2ccc(N(c3ccccc3)c3cccc(N(c4ccccc4)c4cccc5c4sc4ccccc45)c3)cc2)C1. The fraction of sp³-hybridized carbons (Fsp3) is 0.191. The number of hydrogen-bond acceptors (Lipinski definition) is 3. The molecule has 0 bridgehead atoms. The van der Waals surface area contributed by atoms with E-state index in [2.05, 4.69) is 188 Å². The number of hydrogen-bond donors (Lipinski definition) is 0. The zero-order valence-electron chi connectivity index (χ0n) is 29.2. The molecule has 3 heteroatoms. The van der Waals surface area contributed by atoms with Gasteiger partial charge in [0, 0.05) is 43.9 Å². The first kappa shape index (κ1) is 32.1. The van der Waals surface area contributed by atoms with Crippen LogP contribution in [0.25, 0.3) is 20.2 Å². The van der Waals surface area contributed by atoms with E-state index in [4.69, 9.17) is 0 Å². The summed E-state index contributed by atoms with van der Waals surface area (Å²) in [7, 11) is 0. The van der Waals surface area contributed by atoms with E-state index in [1.54, 1.807) is 5.57 Å². The number of benzene rings is 6. The zero-order chi connectivity index (χ0) is 34.1. The van der Waals surface area contributed by atoms with Crippen LogP contribution in [0.4, 0.5) is 34.1 Å². The third-order valence-electron chi connectivity index (χ3n) is 10.7. The first-order valence-corrected chi connectivity index (χ1v) is 18.9. The van der Waals surface area contributed by atoms with Crippen molar-refractivity contribution in [3.05, 3.63) is 169 Å². The van der Waals surface area contributed by atoms with Crippen molar-refractivity contribution in [3.8, 4) is 0 Å². The third-order valence-corrected chi connectivity index (χ3v) is 11.9. The van der Waals surface area contributed by atoms with Gasteiger partial charge in [-0.25, -0.2) is 0 Å². The van der Waals surface area contributed by atoms with Crippen molar-refractivity contribution in [2.75, 3.05) is 9.80 Å². The summed E-state index contributed by atoms with van der Waals surface area (Å²) in [4.78, 5) is 4.82. The first-order chi connectivity index (χ1) is 24.6. The Morgan fingerprint density at radius 2 is 1.18 bits per heavy atom. The van der Waals surface area contributed by atoms with E-state index in [0.717, 1.165) is 47.7 Å². The lowest BCUT2D eigenvalue weighted by Crippen LogP contribution is -2.31. The fourth-order valence-electron chi connectivity index (χ4n) is 8.25. The second-order valence-corrected chi connectivity index (χ2v) is 14.9. The molecule has 50 heavy (non-hydrogen) atoms. The maximum Gasteiger partial charge on any atom is 0.0640 e. The van der Waals surface area contributed by atoms with Gasteiger partial charge in [-0.3, -0.25) is 0 Å². The van der Waals surface area contributed by atoms with Crippen LogP contribution >= 0.6 is 11.3 Å². The summed E-state index contributed by atoms with van der Waals surface area (Å²) in [6.07, 6.45) is 7.18. The summed E-state index contributed by atoms with van der Waals surface area (Å²) in [6, 6.07) is 55.5. The summed E-state index contributed by atoms with van der Waals surface area (Å²) in [5, 5.41) is 2.61. The average molecular weight is 669 g/mol. The van der Waals surface area contributed by atoms with Crippen LogP contribution in [0.15, 0.2) is 163 Å². The van der Waals surface area contributed by atoms with E-state index in [1.807, 2.05) is 11.3 Å². The standard InChI is InChI=1S/C47H44N2S/c1-4-35-30-34(3)32-47(5-2,33-35)36-26-28-39(29-27-36)48(37-16-8-6-9-17-37)40-20-14-21-41(31-40)49(38-18-10-7-11-19-38)44-24-15-23-43-42-22-12-13-25-45(42)50-46(43)44/h6-31,34H,4-5,32-33H2,1-3H3. The lowest BCUT2D eigenvalue weighted by Gasteiger charge is -2.40. The molecule has 0 radical (unpaired) electrons. The van der Waals surface area contributed by atoms with Crippen LogP contribution in [-0.4, -0.2) is 0 Å². The summed E-state index contributed by atoms with van der Waals surface area (Å²) >= 11 is 1.87. The molecule has 0 amide bonds. The molecule has 1 heterocycles. The molecule has 2 unspecified atom stereocenters. The van der Waals surface area contributed by atoms with Crippen LogP contribution in [0.3, 0.4) is 0 Å². The van der Waals surface area contributed by atoms with Gasteiger partial charge in [0.05, 0.1) is 10.4 Å². The Labute approximate surface area is 301 Å². The second-order valence-electron chi connectivity index (χ2n) is 13.8. The van der Waals surface area contributed by atoms with Crippen molar-refractivity contribution in [1.29, 1.82) is 0 Å². The number of nitrogens with zero attached hydrogens (tertiary/aromatic N) is 2. The Bertz CT molecular complexity index is 2270. The van der Waals surface area contributed by atoms with Crippen molar-refractivity contribution in [2.24, 2.45) is 5.92 Å². The smallest absolute Gasteiger partial charge is 0.0640 e. The van der Waals surface area contributed by atoms with Gasteiger partial charge in [-0.1, -0.05) is 117 Å². The fourth-order valence-corrected chi connectivity index (χ4v) is 9.46. The molecule has 2 atom stereocenters. The number of fused-ring (bicyclic) bond motifs is 3. The minimum absolute atomic E-state index is 0.194. The number of thiophene rings is 1. The third kappa shape index (κ3) is 5.90. The van der Waals surface area contributed by atoms with E-state index in [9.17, 15) is 0 Å². The second kappa shape index (κ2) is 13.7. The molecule has 248 valence electrons. The first-order valence-electron chi connectivity index (χ1n) is 18.1. The summed E-state index contributed by atoms with van der Waals surface area (Å²) in [5.41, 5.74) is 10.1. The highest BCUT2D eigenvalue weighted by Gasteiger charge is 2.35. The largest absolute Gasteiger partial charge is 0.310 e. The van der Waals surface area contributed by atoms with Gasteiger partial charge in [-0.05, 0) is 109 Å². The van der Waals surface area contributed by atoms with Crippen LogP contribution < -0.4 is 9.80 Å². The minimum atomic E-state index is 0.194. The van der Waals surface area contributed by atoms with E-state index in [0.29, 0.717) is 5.92 Å². The van der Waals surface area contributed by atoms with Crippen molar-refractivity contribution in [3.63, 3.8) is 0 Å². The van der Waals surface area contributed by atoms with Gasteiger partial charge in [0.25, 0.3) is 0 Å². The Balaban J connectivity index is 1.24. The van der Waals surface area contributed by atoms with Crippen molar-refractivity contribution in [1.82, 2.24) is 0 Å². The van der Waals surface area contributed by atoms with Crippen LogP contribution in [0.2, 0.25) is 0 Å². The summed E-state index contributed by atoms with van der Waals surface area (Å²) < 4.78 is 2.60. The molecule has 1 aliphatic carbocycles. The Hall–Kier alpha value is -5.12. The van der Waals surface area contributed by atoms with E-state index in [-0.39, 0.29) is 5.41 Å². The minimum Gasteiger partial charge on any atom is -0.310 e. The van der Waals surface area contributed by atoms with Crippen molar-refractivity contribution in [2.45, 2.75) is 51.9 Å². The quantitative estimate of drug-likeness (QED) is 0.141. The van der Waals surface area contributed by atoms with E-state index in [1.165, 1.54) is 37.8 Å². The molecule has 6 aromatic carbocycles. The van der Waals surface area contributed by atoms with Crippen LogP contribution in [0.5, 0.6) is 0 Å². The number of allylic oxidation sites excluding steroid dienone is 2. The number of rotatable bonds is 9. The average Bonchev–Trinajstić information content (AvgIpc) is 3.56. The number of para-hydroxylation sites is 2. The molecular weight excluding hydrogens is 625 g/mol. The molecule has 0 saturated heterocycles. The van der Waals surface area contributed by atoms with Gasteiger partial charge in [-0.15, -0.1) is 11.3 Å². The Morgan fingerprint density at radius 1 is 0.600 bits per heavy atom. The molecule has 7 aromatic rings. The van der Waals surface area contributed by atoms with Gasteiger partial charge in [-0.2, -0.15) is 0 Å². The molecule has 1 aliphatic rings. The molecule has 0 saturated carbocycles. The molecule has 8 rings (SSSR count). The highest BCUT2D eigenvalue weighted by molar-refractivity contribution is 7.26. The highest BCUT2D eigenvalue weighted by Crippen LogP contribution is 2.48. The maximum absolute atomic E-state index is 2.52. The molecule has 2 nitrogen and oxygen atoms in total. The molecule has 0 spiro atoms. The van der Waals surface area contributed by atoms with Crippen LogP contribution in [0.1, 0.15) is 52.0 Å². The Kier molecular flexibility index (Phi) is 8.77. The Morgan fingerprint density at radius 3 is 1.88 bits per heavy atom. The van der Waals surface area contributed by atoms with E-state index < -0.39 is 0 Å². The van der Waals surface area contributed by atoms with Gasteiger partial charge in [0.15, 0.2) is 0 Å². The maximum atomic E-state index is 2.52. The zero-order valence-corrected chi connectivity index (χ0v) is 30.0. The molecular formula is C47H44N2S. The van der Waals surface area contributed by atoms with Crippen LogP contribution in [0, 0.1) is 5.92 Å². The normalized spacial score (nSPS) is 17.5. The van der Waals surface area contributed by atoms with Crippen molar-refractivity contribution < 1.29 is 0 Å². The van der Waals surface area contributed by atoms with Crippen LogP contribution in [-0.2, 0) is 5.41 Å². The molecule has 0 aliphatic heterocycles. The molecule has 1 aromatic heterocycles. The van der Waals surface area contributed by atoms with Gasteiger partial charge >= 0.3 is 0 Å².